The Hall–Kier alpha value is -3.34. The van der Waals surface area contributed by atoms with Crippen molar-refractivity contribution in [2.45, 2.75) is 48.6 Å². The average Bonchev–Trinajstić information content (AvgIpc) is 3.62. The highest BCUT2D eigenvalue weighted by Crippen LogP contribution is 2.63. The predicted octanol–water partition coefficient (Wildman–Crippen LogP) is 3.23. The summed E-state index contributed by atoms with van der Waals surface area (Å²) in [6.07, 6.45) is 3.84. The van der Waals surface area contributed by atoms with Crippen LogP contribution in [0.5, 0.6) is 5.88 Å². The van der Waals surface area contributed by atoms with Crippen molar-refractivity contribution < 1.29 is 17.5 Å². The fourth-order valence-electron chi connectivity index (χ4n) is 4.77. The summed E-state index contributed by atoms with van der Waals surface area (Å²) < 4.78 is 45.0. The molecule has 1 aliphatic carbocycles. The summed E-state index contributed by atoms with van der Waals surface area (Å²) in [5.41, 5.74) is 6.51. The highest BCUT2D eigenvalue weighted by atomic mass is 32.2. The standard InChI is InChI=1S/C23H25FN6O3S/c1-21(2)20(25)30-22(3,23(8-9-23)34(21,31)32)14-11-13(5-6-15(14)24)28-19-18-16(7-10-26-19)29-17(33-4)12-27-18/h5-7,10-12H,8-9H2,1-4H3,(H2,25,30)(H,26,28)/t22-/m1/s1. The number of rotatable bonds is 4. The van der Waals surface area contributed by atoms with Crippen molar-refractivity contribution in [3.63, 3.8) is 0 Å². The Labute approximate surface area is 196 Å². The van der Waals surface area contributed by atoms with E-state index >= 15 is 4.39 Å². The molecule has 0 unspecified atom stereocenters. The minimum atomic E-state index is -3.74. The SMILES string of the molecule is COc1cnc2c(Nc3ccc(F)c([C@@]4(C)N=C(N)C(C)(C)S(=O)(=O)C45CC5)c3)nccc2n1. The Balaban J connectivity index is 1.61. The number of hydrogen-bond acceptors (Lipinski definition) is 9. The minimum absolute atomic E-state index is 0.0229. The van der Waals surface area contributed by atoms with Gasteiger partial charge < -0.3 is 15.8 Å². The minimum Gasteiger partial charge on any atom is -0.480 e. The molecule has 0 radical (unpaired) electrons. The van der Waals surface area contributed by atoms with Crippen LogP contribution in [0.15, 0.2) is 41.7 Å². The number of fused-ring (bicyclic) bond motifs is 1. The van der Waals surface area contributed by atoms with Crippen molar-refractivity contribution in [3.05, 3.63) is 48.0 Å². The number of ether oxygens (including phenoxy) is 1. The van der Waals surface area contributed by atoms with Crippen LogP contribution < -0.4 is 15.8 Å². The number of nitrogens with zero attached hydrogens (tertiary/aromatic N) is 4. The second-order valence-electron chi connectivity index (χ2n) is 9.34. The van der Waals surface area contributed by atoms with Gasteiger partial charge in [-0.05, 0) is 57.9 Å². The maximum absolute atomic E-state index is 15.2. The number of nitrogens with two attached hydrogens (primary N) is 1. The van der Waals surface area contributed by atoms with Gasteiger partial charge in [0.05, 0.1) is 18.8 Å². The van der Waals surface area contributed by atoms with Gasteiger partial charge in [-0.15, -0.1) is 0 Å². The summed E-state index contributed by atoms with van der Waals surface area (Å²) in [5, 5.41) is 3.15. The van der Waals surface area contributed by atoms with Crippen molar-refractivity contribution in [2.75, 3.05) is 12.4 Å². The number of aromatic nitrogens is 3. The van der Waals surface area contributed by atoms with E-state index in [1.165, 1.54) is 19.4 Å². The van der Waals surface area contributed by atoms with Crippen LogP contribution in [0.3, 0.4) is 0 Å². The molecule has 1 saturated carbocycles. The summed E-state index contributed by atoms with van der Waals surface area (Å²) in [4.78, 5) is 17.7. The lowest BCUT2D eigenvalue weighted by atomic mass is 9.85. The molecule has 9 nitrogen and oxygen atoms in total. The third kappa shape index (κ3) is 2.85. The zero-order chi connectivity index (χ0) is 24.5. The Kier molecular flexibility index (Phi) is 4.68. The molecule has 0 amide bonds. The number of methoxy groups -OCH3 is 1. The fraction of sp³-hybridized carbons (Fsp3) is 0.391. The van der Waals surface area contributed by atoms with Gasteiger partial charge in [-0.1, -0.05) is 0 Å². The molecule has 0 bridgehead atoms. The Morgan fingerprint density at radius 2 is 1.88 bits per heavy atom. The van der Waals surface area contributed by atoms with Crippen LogP contribution in [0, 0.1) is 5.82 Å². The van der Waals surface area contributed by atoms with Crippen LogP contribution in [-0.2, 0) is 15.4 Å². The van der Waals surface area contributed by atoms with E-state index in [2.05, 4.69) is 25.3 Å². The van der Waals surface area contributed by atoms with Gasteiger partial charge >= 0.3 is 0 Å². The van der Waals surface area contributed by atoms with Gasteiger partial charge in [-0.2, -0.15) is 0 Å². The molecule has 11 heteroatoms. The van der Waals surface area contributed by atoms with Gasteiger partial charge in [0.2, 0.25) is 5.88 Å². The Morgan fingerprint density at radius 1 is 1.15 bits per heavy atom. The topological polar surface area (TPSA) is 132 Å². The number of anilines is 2. The lowest BCUT2D eigenvalue weighted by molar-refractivity contribution is 0.395. The first kappa shape index (κ1) is 22.5. The van der Waals surface area contributed by atoms with E-state index < -0.39 is 30.7 Å². The molecule has 1 atom stereocenters. The first-order valence-corrected chi connectivity index (χ1v) is 12.3. The third-order valence-electron chi connectivity index (χ3n) is 7.14. The highest BCUT2D eigenvalue weighted by molar-refractivity contribution is 7.95. The fourth-order valence-corrected chi connectivity index (χ4v) is 7.39. The van der Waals surface area contributed by atoms with Gasteiger partial charge in [0, 0.05) is 17.4 Å². The maximum Gasteiger partial charge on any atom is 0.232 e. The number of halogens is 1. The second kappa shape index (κ2) is 7.08. The molecule has 1 fully saturated rings. The first-order chi connectivity index (χ1) is 16.0. The van der Waals surface area contributed by atoms with Crippen LogP contribution in [0.4, 0.5) is 15.9 Å². The molecule has 2 aromatic heterocycles. The number of benzene rings is 1. The molecule has 1 spiro atoms. The zero-order valence-electron chi connectivity index (χ0n) is 19.3. The summed E-state index contributed by atoms with van der Waals surface area (Å²) in [6.45, 7) is 4.75. The summed E-state index contributed by atoms with van der Waals surface area (Å²) >= 11 is 0. The summed E-state index contributed by atoms with van der Waals surface area (Å²) in [6, 6.07) is 6.11. The van der Waals surface area contributed by atoms with Gasteiger partial charge in [-0.25, -0.2) is 27.8 Å². The van der Waals surface area contributed by atoms with Gasteiger partial charge in [0.15, 0.2) is 15.7 Å². The molecule has 3 aromatic rings. The van der Waals surface area contributed by atoms with Crippen LogP contribution in [0.25, 0.3) is 11.0 Å². The average molecular weight is 485 g/mol. The number of pyridine rings is 1. The van der Waals surface area contributed by atoms with Crippen molar-refractivity contribution in [2.24, 2.45) is 10.7 Å². The van der Waals surface area contributed by atoms with Crippen molar-refractivity contribution in [3.8, 4) is 5.88 Å². The van der Waals surface area contributed by atoms with Gasteiger partial charge in [0.25, 0.3) is 0 Å². The van der Waals surface area contributed by atoms with Crippen LogP contribution in [-0.4, -0.2) is 45.8 Å². The van der Waals surface area contributed by atoms with E-state index in [9.17, 15) is 8.42 Å². The summed E-state index contributed by atoms with van der Waals surface area (Å²) in [5.74, 6) is 0.205. The van der Waals surface area contributed by atoms with Crippen LogP contribution >= 0.6 is 0 Å². The highest BCUT2D eigenvalue weighted by Gasteiger charge is 2.73. The zero-order valence-corrected chi connectivity index (χ0v) is 20.1. The number of hydrogen-bond donors (Lipinski definition) is 2. The van der Waals surface area contributed by atoms with E-state index in [4.69, 9.17) is 10.5 Å². The second-order valence-corrected chi connectivity index (χ2v) is 12.1. The van der Waals surface area contributed by atoms with Crippen molar-refractivity contribution in [1.82, 2.24) is 15.0 Å². The van der Waals surface area contributed by atoms with Gasteiger partial charge in [-0.3, -0.25) is 4.99 Å². The predicted molar refractivity (Wildman–Crippen MR) is 128 cm³/mol. The molecule has 0 saturated heterocycles. The Morgan fingerprint density at radius 3 is 2.56 bits per heavy atom. The molecule has 1 aliphatic heterocycles. The summed E-state index contributed by atoms with van der Waals surface area (Å²) in [7, 11) is -2.24. The quantitative estimate of drug-likeness (QED) is 0.577. The molecular formula is C23H25FN6O3S. The van der Waals surface area contributed by atoms with E-state index in [-0.39, 0.29) is 11.4 Å². The smallest absolute Gasteiger partial charge is 0.232 e. The largest absolute Gasteiger partial charge is 0.480 e. The van der Waals surface area contributed by atoms with Crippen molar-refractivity contribution in [1.29, 1.82) is 0 Å². The molecule has 34 heavy (non-hydrogen) atoms. The molecule has 1 aromatic carbocycles. The van der Waals surface area contributed by atoms with Crippen LogP contribution in [0.1, 0.15) is 39.2 Å². The lowest BCUT2D eigenvalue weighted by Crippen LogP contribution is -2.61. The van der Waals surface area contributed by atoms with Crippen molar-refractivity contribution >= 4 is 38.2 Å². The number of aliphatic imine (C=N–C) groups is 1. The number of nitrogens with one attached hydrogen (secondary N) is 1. The van der Waals surface area contributed by atoms with Gasteiger partial charge in [0.1, 0.15) is 32.2 Å². The van der Waals surface area contributed by atoms with Crippen LogP contribution in [0.2, 0.25) is 0 Å². The number of amidine groups is 1. The molecule has 5 rings (SSSR count). The van der Waals surface area contributed by atoms with E-state index in [0.717, 1.165) is 0 Å². The van der Waals surface area contributed by atoms with E-state index in [0.29, 0.717) is 41.3 Å². The first-order valence-electron chi connectivity index (χ1n) is 10.8. The lowest BCUT2D eigenvalue weighted by Gasteiger charge is -2.45. The molecule has 3 heterocycles. The normalized spacial score (nSPS) is 24.0. The van der Waals surface area contributed by atoms with E-state index in [1.54, 1.807) is 45.2 Å². The Bertz CT molecular complexity index is 1470. The molecule has 3 N–H and O–H groups in total. The molecular weight excluding hydrogens is 459 g/mol. The molecule has 178 valence electrons. The molecule has 2 aliphatic rings. The van der Waals surface area contributed by atoms with E-state index in [1.807, 2.05) is 0 Å². The number of sulfone groups is 1. The maximum atomic E-state index is 15.2. The monoisotopic (exact) mass is 484 g/mol. The third-order valence-corrected chi connectivity index (χ3v) is 10.5.